The van der Waals surface area contributed by atoms with Crippen molar-refractivity contribution in [3.05, 3.63) is 84.7 Å². The lowest BCUT2D eigenvalue weighted by atomic mass is 9.86. The van der Waals surface area contributed by atoms with Gasteiger partial charge in [0.25, 0.3) is 0 Å². The normalized spacial score (nSPS) is 13.6. The van der Waals surface area contributed by atoms with E-state index in [1.165, 1.54) is 0 Å². The molecule has 0 spiro atoms. The molecule has 252 valence electrons. The molecule has 5 aromatic rings. The van der Waals surface area contributed by atoms with Crippen molar-refractivity contribution in [2.45, 2.75) is 80.0 Å². The number of aromatic nitrogens is 4. The van der Waals surface area contributed by atoms with Crippen LogP contribution in [-0.4, -0.2) is 42.8 Å². The maximum absolute atomic E-state index is 12.6. The number of amides is 2. The first kappa shape index (κ1) is 34.2. The molecule has 0 aliphatic carbocycles. The lowest BCUT2D eigenvalue weighted by Gasteiger charge is -2.31. The molecule has 0 saturated carbocycles. The number of carbonyl (C=O) groups excluding carboxylic acids is 1. The van der Waals surface area contributed by atoms with Gasteiger partial charge in [0.05, 0.1) is 35.9 Å². The first-order valence-corrected chi connectivity index (χ1v) is 16.1. The molecule has 3 aromatic carbocycles. The predicted octanol–water partition coefficient (Wildman–Crippen LogP) is 9.25. The molecule has 5 N–H and O–H groups in total. The van der Waals surface area contributed by atoms with Gasteiger partial charge in [0.15, 0.2) is 0 Å². The van der Waals surface area contributed by atoms with Crippen LogP contribution < -0.4 is 10.6 Å². The summed E-state index contributed by atoms with van der Waals surface area (Å²) in [4.78, 5) is 39.9. The van der Waals surface area contributed by atoms with Crippen LogP contribution >= 0.6 is 0 Å². The van der Waals surface area contributed by atoms with Gasteiger partial charge in [0.1, 0.15) is 17.2 Å². The van der Waals surface area contributed by atoms with Gasteiger partial charge in [-0.15, -0.1) is 0 Å². The third-order valence-corrected chi connectivity index (χ3v) is 8.08. The average molecular weight is 651 g/mol. The average Bonchev–Trinajstić information content (AvgIpc) is 3.67. The maximum atomic E-state index is 12.6. The summed E-state index contributed by atoms with van der Waals surface area (Å²) in [5.41, 5.74) is 4.55. The summed E-state index contributed by atoms with van der Waals surface area (Å²) in [7, 11) is 0. The predicted molar refractivity (Wildman–Crippen MR) is 189 cm³/mol. The SMILES string of the molecule is CC(C)(C)OC(=O)N[C@H](c1ncc(-c2ccc3cc(-c4ccc(-c5cnc([C@@H](NC(=O)O)C(C)(C)C)[nH]5)cc4)ccc3c2)[nH]1)C(C)(C)C. The third kappa shape index (κ3) is 8.05. The fraction of sp³-hybridized carbons (Fsp3) is 0.368. The lowest BCUT2D eigenvalue weighted by Crippen LogP contribution is -2.40. The van der Waals surface area contributed by atoms with Gasteiger partial charge < -0.3 is 30.4 Å². The topological polar surface area (TPSA) is 145 Å². The second-order valence-electron chi connectivity index (χ2n) is 15.4. The van der Waals surface area contributed by atoms with Gasteiger partial charge in [0.2, 0.25) is 0 Å². The molecule has 10 nitrogen and oxygen atoms in total. The zero-order valence-corrected chi connectivity index (χ0v) is 29.1. The molecule has 48 heavy (non-hydrogen) atoms. The van der Waals surface area contributed by atoms with E-state index in [1.54, 1.807) is 12.4 Å². The first-order valence-electron chi connectivity index (χ1n) is 16.1. The molecule has 2 heterocycles. The van der Waals surface area contributed by atoms with Crippen molar-refractivity contribution >= 4 is 23.0 Å². The van der Waals surface area contributed by atoms with Crippen molar-refractivity contribution in [3.8, 4) is 33.6 Å². The third-order valence-electron chi connectivity index (χ3n) is 8.08. The van der Waals surface area contributed by atoms with Crippen molar-refractivity contribution in [1.82, 2.24) is 30.6 Å². The maximum Gasteiger partial charge on any atom is 0.408 e. The zero-order chi connectivity index (χ0) is 35.0. The van der Waals surface area contributed by atoms with Crippen LogP contribution in [-0.2, 0) is 4.74 Å². The van der Waals surface area contributed by atoms with Gasteiger partial charge >= 0.3 is 12.2 Å². The molecule has 0 bridgehead atoms. The minimum absolute atomic E-state index is 0.306. The van der Waals surface area contributed by atoms with E-state index in [9.17, 15) is 14.7 Å². The Bertz CT molecular complexity index is 1920. The van der Waals surface area contributed by atoms with E-state index in [2.05, 4.69) is 99.9 Å². The Labute approximate surface area is 281 Å². The summed E-state index contributed by atoms with van der Waals surface area (Å²) >= 11 is 0. The summed E-state index contributed by atoms with van der Waals surface area (Å²) in [5.74, 6) is 1.25. The molecule has 2 aromatic heterocycles. The van der Waals surface area contributed by atoms with Gasteiger partial charge in [-0.1, -0.05) is 90.1 Å². The molecular weight excluding hydrogens is 604 g/mol. The number of aromatic amines is 2. The molecule has 10 heteroatoms. The number of ether oxygens (including phenoxy) is 1. The molecule has 2 amide bonds. The standard InChI is InChI=1S/C38H46N6O4/c1-36(2,3)30(43-34(45)46)32-39-20-28(41-32)23-12-10-22(11-13-23)24-14-15-26-19-27(17-16-25(26)18-24)29-21-40-33(42-29)31(37(4,5)6)44-35(47)48-38(7,8)9/h10-21,30-31,43H,1-9H3,(H,39,41)(H,40,42)(H,44,47)(H,45,46)/t30-,31-/m1/s1. The number of benzene rings is 3. The van der Waals surface area contributed by atoms with E-state index in [-0.39, 0.29) is 16.9 Å². The van der Waals surface area contributed by atoms with Crippen LogP contribution in [0, 0.1) is 10.8 Å². The number of H-pyrrole nitrogens is 2. The minimum Gasteiger partial charge on any atom is -0.465 e. The van der Waals surface area contributed by atoms with E-state index in [0.29, 0.717) is 11.6 Å². The highest BCUT2D eigenvalue weighted by Gasteiger charge is 2.32. The highest BCUT2D eigenvalue weighted by atomic mass is 16.6. The Morgan fingerprint density at radius 2 is 1.08 bits per heavy atom. The Balaban J connectivity index is 1.33. The minimum atomic E-state index is -1.08. The van der Waals surface area contributed by atoms with Gasteiger partial charge in [-0.2, -0.15) is 0 Å². The molecule has 0 radical (unpaired) electrons. The van der Waals surface area contributed by atoms with Crippen LogP contribution in [0.15, 0.2) is 73.1 Å². The fourth-order valence-electron chi connectivity index (χ4n) is 5.63. The number of alkyl carbamates (subject to hydrolysis) is 1. The number of carboxylic acid groups (broad SMARTS) is 1. The van der Waals surface area contributed by atoms with Crippen molar-refractivity contribution in [1.29, 1.82) is 0 Å². The quantitative estimate of drug-likeness (QED) is 0.119. The van der Waals surface area contributed by atoms with Crippen LogP contribution in [0.25, 0.3) is 44.4 Å². The molecule has 0 saturated heterocycles. The van der Waals surface area contributed by atoms with E-state index in [0.717, 1.165) is 44.4 Å². The first-order chi connectivity index (χ1) is 22.4. The van der Waals surface area contributed by atoms with Crippen molar-refractivity contribution in [3.63, 3.8) is 0 Å². The lowest BCUT2D eigenvalue weighted by molar-refractivity contribution is 0.0458. The smallest absolute Gasteiger partial charge is 0.408 e. The van der Waals surface area contributed by atoms with Crippen molar-refractivity contribution in [2.75, 3.05) is 0 Å². The fourth-order valence-corrected chi connectivity index (χ4v) is 5.63. The van der Waals surface area contributed by atoms with Crippen LogP contribution in [0.2, 0.25) is 0 Å². The monoisotopic (exact) mass is 650 g/mol. The Morgan fingerprint density at radius 3 is 1.58 bits per heavy atom. The molecule has 0 aliphatic heterocycles. The molecule has 5 rings (SSSR count). The van der Waals surface area contributed by atoms with Crippen LogP contribution in [0.5, 0.6) is 0 Å². The van der Waals surface area contributed by atoms with E-state index in [4.69, 9.17) is 4.74 Å². The Hall–Kier alpha value is -5.12. The number of imidazole rings is 2. The van der Waals surface area contributed by atoms with E-state index in [1.807, 2.05) is 53.7 Å². The summed E-state index contributed by atoms with van der Waals surface area (Å²) in [6.07, 6.45) is 1.98. The summed E-state index contributed by atoms with van der Waals surface area (Å²) < 4.78 is 5.51. The van der Waals surface area contributed by atoms with Crippen molar-refractivity contribution in [2.24, 2.45) is 10.8 Å². The number of hydrogen-bond acceptors (Lipinski definition) is 5. The number of nitrogens with one attached hydrogen (secondary N) is 4. The second kappa shape index (κ2) is 12.8. The van der Waals surface area contributed by atoms with Crippen LogP contribution in [0.4, 0.5) is 9.59 Å². The molecule has 0 unspecified atom stereocenters. The highest BCUT2D eigenvalue weighted by Crippen LogP contribution is 2.35. The highest BCUT2D eigenvalue weighted by molar-refractivity contribution is 5.90. The zero-order valence-electron chi connectivity index (χ0n) is 29.1. The number of rotatable bonds is 7. The number of carbonyl (C=O) groups is 2. The summed E-state index contributed by atoms with van der Waals surface area (Å²) in [6.45, 7) is 17.6. The van der Waals surface area contributed by atoms with Crippen LogP contribution in [0.3, 0.4) is 0 Å². The summed E-state index contributed by atoms with van der Waals surface area (Å²) in [6, 6.07) is 20.1. The number of fused-ring (bicyclic) bond motifs is 1. The Morgan fingerprint density at radius 1 is 0.646 bits per heavy atom. The molecular formula is C38H46N6O4. The van der Waals surface area contributed by atoms with Gasteiger partial charge in [-0.3, -0.25) is 0 Å². The van der Waals surface area contributed by atoms with Crippen molar-refractivity contribution < 1.29 is 19.4 Å². The number of nitrogens with zero attached hydrogens (tertiary/aromatic N) is 2. The summed E-state index contributed by atoms with van der Waals surface area (Å²) in [5, 5.41) is 17.1. The Kier molecular flexibility index (Phi) is 9.14. The van der Waals surface area contributed by atoms with Gasteiger partial charge in [-0.25, -0.2) is 19.6 Å². The molecule has 0 aliphatic rings. The molecule has 2 atom stereocenters. The van der Waals surface area contributed by atoms with Crippen LogP contribution in [0.1, 0.15) is 86.0 Å². The largest absolute Gasteiger partial charge is 0.465 e. The van der Waals surface area contributed by atoms with E-state index < -0.39 is 23.8 Å². The van der Waals surface area contributed by atoms with E-state index >= 15 is 0 Å². The molecule has 0 fully saturated rings. The van der Waals surface area contributed by atoms with Gasteiger partial charge in [0, 0.05) is 5.56 Å². The second-order valence-corrected chi connectivity index (χ2v) is 15.4. The number of hydrogen-bond donors (Lipinski definition) is 5. The van der Waals surface area contributed by atoms with Gasteiger partial charge in [-0.05, 0) is 71.2 Å².